The van der Waals surface area contributed by atoms with E-state index in [1.54, 1.807) is 0 Å². The van der Waals surface area contributed by atoms with Gasteiger partial charge in [0.05, 0.1) is 0 Å². The van der Waals surface area contributed by atoms with Gasteiger partial charge >= 0.3 is 14.0 Å². The van der Waals surface area contributed by atoms with Crippen LogP contribution >= 0.6 is 0 Å². The highest BCUT2D eigenvalue weighted by Gasteiger charge is 2.42. The zero-order valence-corrected chi connectivity index (χ0v) is 24.0. The molecule has 2 aliphatic heterocycles. The summed E-state index contributed by atoms with van der Waals surface area (Å²) in [5.74, 6) is 0. The van der Waals surface area contributed by atoms with E-state index in [0.29, 0.717) is 14.0 Å². The third kappa shape index (κ3) is 6.64. The van der Waals surface area contributed by atoms with Crippen molar-refractivity contribution in [2.75, 3.05) is 26.2 Å². The van der Waals surface area contributed by atoms with Gasteiger partial charge in [-0.2, -0.15) is 0 Å². The molecule has 2 fully saturated rings. The maximum absolute atomic E-state index is 2.74. The smallest absolute Gasteiger partial charge is 0.308 e. The molecule has 2 aromatic rings. The minimum absolute atomic E-state index is 0.118. The number of nitrogens with zero attached hydrogens (tertiary/aromatic N) is 4. The molecule has 0 aromatic heterocycles. The summed E-state index contributed by atoms with van der Waals surface area (Å²) >= 11 is 0. The lowest BCUT2D eigenvalue weighted by atomic mass is 9.65. The van der Waals surface area contributed by atoms with Gasteiger partial charge in [-0.3, -0.25) is 0 Å². The van der Waals surface area contributed by atoms with E-state index in [2.05, 4.69) is 122 Å². The summed E-state index contributed by atoms with van der Waals surface area (Å²) in [5, 5.41) is 0. The van der Waals surface area contributed by atoms with Gasteiger partial charge in [-0.25, -0.2) is 0 Å². The first-order valence-electron chi connectivity index (χ1n) is 14.2. The molecule has 0 N–H and O–H groups in total. The Kier molecular flexibility index (Phi) is 8.71. The third-order valence-corrected chi connectivity index (χ3v) is 8.53. The van der Waals surface area contributed by atoms with Crippen LogP contribution in [0.3, 0.4) is 0 Å². The van der Waals surface area contributed by atoms with Gasteiger partial charge < -0.3 is 19.2 Å². The summed E-state index contributed by atoms with van der Waals surface area (Å²) < 4.78 is 0. The molecule has 36 heavy (non-hydrogen) atoms. The molecule has 0 atom stereocenters. The van der Waals surface area contributed by atoms with Crippen molar-refractivity contribution in [3.8, 4) is 0 Å². The molecule has 0 radical (unpaired) electrons. The molecular formula is C30H48B2N4. The Hall–Kier alpha value is -1.59. The molecule has 0 aliphatic carbocycles. The van der Waals surface area contributed by atoms with E-state index in [-0.39, 0.29) is 11.1 Å². The molecule has 2 aromatic carbocycles. The fourth-order valence-electron chi connectivity index (χ4n) is 6.65. The Morgan fingerprint density at radius 1 is 0.639 bits per heavy atom. The van der Waals surface area contributed by atoms with E-state index in [9.17, 15) is 0 Å². The van der Waals surface area contributed by atoms with Crippen LogP contribution in [-0.2, 0) is 19.5 Å². The molecule has 4 nitrogen and oxygen atoms in total. The summed E-state index contributed by atoms with van der Waals surface area (Å²) in [6.45, 7) is 24.4. The molecule has 2 heterocycles. The van der Waals surface area contributed by atoms with Gasteiger partial charge in [0, 0.05) is 24.2 Å². The van der Waals surface area contributed by atoms with Gasteiger partial charge in [-0.15, -0.1) is 0 Å². The van der Waals surface area contributed by atoms with Crippen LogP contribution in [0.15, 0.2) is 54.6 Å². The van der Waals surface area contributed by atoms with Crippen molar-refractivity contribution < 1.29 is 0 Å². The van der Waals surface area contributed by atoms with Crippen LogP contribution in [0.1, 0.15) is 64.2 Å². The van der Waals surface area contributed by atoms with Gasteiger partial charge in [0.1, 0.15) is 0 Å². The zero-order chi connectivity index (χ0) is 25.9. The quantitative estimate of drug-likeness (QED) is 0.462. The number of rotatable bonds is 7. The van der Waals surface area contributed by atoms with Crippen molar-refractivity contribution >= 4 is 14.0 Å². The minimum atomic E-state index is 0.118. The van der Waals surface area contributed by atoms with E-state index < -0.39 is 0 Å². The normalized spacial score (nSPS) is 19.8. The van der Waals surface area contributed by atoms with Crippen molar-refractivity contribution in [2.24, 2.45) is 0 Å². The van der Waals surface area contributed by atoms with E-state index >= 15 is 0 Å². The van der Waals surface area contributed by atoms with Gasteiger partial charge in [0.2, 0.25) is 0 Å². The molecule has 194 valence electrons. The molecule has 2 aliphatic rings. The monoisotopic (exact) mass is 486 g/mol. The van der Waals surface area contributed by atoms with Crippen LogP contribution in [-0.4, -0.2) is 70.5 Å². The fourth-order valence-corrected chi connectivity index (χ4v) is 6.65. The molecule has 0 saturated carbocycles. The predicted molar refractivity (Wildman–Crippen MR) is 157 cm³/mol. The van der Waals surface area contributed by atoms with E-state index in [0.717, 1.165) is 19.5 Å². The number of hydrogen-bond donors (Lipinski definition) is 0. The molecule has 0 spiro atoms. The van der Waals surface area contributed by atoms with E-state index in [1.165, 1.54) is 55.7 Å². The first-order chi connectivity index (χ1) is 17.0. The molecule has 6 heteroatoms. The van der Waals surface area contributed by atoms with Crippen molar-refractivity contribution in [3.05, 3.63) is 71.3 Å². The van der Waals surface area contributed by atoms with Crippen molar-refractivity contribution in [2.45, 2.75) is 91.7 Å². The first-order valence-corrected chi connectivity index (χ1v) is 14.2. The molecule has 2 saturated heterocycles. The second kappa shape index (κ2) is 11.4. The highest BCUT2D eigenvalue weighted by atomic mass is 15.3. The Bertz CT molecular complexity index is 974. The summed E-state index contributed by atoms with van der Waals surface area (Å²) in [4.78, 5) is 10.7. The van der Waals surface area contributed by atoms with Gasteiger partial charge in [-0.05, 0) is 96.8 Å². The maximum atomic E-state index is 2.74. The lowest BCUT2D eigenvalue weighted by Crippen LogP contribution is -2.67. The fraction of sp³-hybridized carbons (Fsp3) is 0.600. The van der Waals surface area contributed by atoms with Crippen LogP contribution in [0.25, 0.3) is 0 Å². The van der Waals surface area contributed by atoms with Crippen LogP contribution < -0.4 is 0 Å². The SMILES string of the molecule is CB1N(Cc2ccccc2)CCCN1Cc1cccc(CC(C)(C)N2CCCN(C(C)(C)C)B2C)c1. The van der Waals surface area contributed by atoms with Crippen LogP contribution in [0.4, 0.5) is 0 Å². The number of benzene rings is 2. The molecule has 4 rings (SSSR count). The van der Waals surface area contributed by atoms with Crippen molar-refractivity contribution in [1.29, 1.82) is 0 Å². The van der Waals surface area contributed by atoms with Crippen LogP contribution in [0, 0.1) is 0 Å². The largest absolute Gasteiger partial charge is 0.324 e. The van der Waals surface area contributed by atoms with Gasteiger partial charge in [0.15, 0.2) is 0 Å². The van der Waals surface area contributed by atoms with Gasteiger partial charge in [0.25, 0.3) is 0 Å². The summed E-state index contributed by atoms with van der Waals surface area (Å²) in [7, 11) is 0. The van der Waals surface area contributed by atoms with Crippen LogP contribution in [0.2, 0.25) is 13.6 Å². The predicted octanol–water partition coefficient (Wildman–Crippen LogP) is 5.76. The Labute approximate surface area is 222 Å². The summed E-state index contributed by atoms with van der Waals surface area (Å²) in [6, 6.07) is 20.3. The lowest BCUT2D eigenvalue weighted by molar-refractivity contribution is 0.129. The third-order valence-electron chi connectivity index (χ3n) is 8.53. The highest BCUT2D eigenvalue weighted by molar-refractivity contribution is 6.52. The first kappa shape index (κ1) is 27.4. The Morgan fingerprint density at radius 3 is 1.86 bits per heavy atom. The van der Waals surface area contributed by atoms with Crippen molar-refractivity contribution in [3.63, 3.8) is 0 Å². The average molecular weight is 486 g/mol. The molecule has 0 unspecified atom stereocenters. The summed E-state index contributed by atoms with van der Waals surface area (Å²) in [6.07, 6.45) is 3.57. The van der Waals surface area contributed by atoms with Gasteiger partial charge in [-0.1, -0.05) is 68.2 Å². The molecule has 0 amide bonds. The van der Waals surface area contributed by atoms with E-state index in [1.807, 2.05) is 0 Å². The van der Waals surface area contributed by atoms with E-state index in [4.69, 9.17) is 0 Å². The standard InChI is InChI=1S/C30H48B2N4/c1-29(2,3)35-20-13-21-36(32(35)7)30(4,5)23-27-16-11-17-28(22-27)25-34-19-12-18-33(31(34)6)24-26-14-9-8-10-15-26/h8-11,14-17,22H,12-13,18-21,23-25H2,1-7H3. The minimum Gasteiger partial charge on any atom is -0.324 e. The second-order valence-corrected chi connectivity index (χ2v) is 12.8. The average Bonchev–Trinajstić information content (AvgIpc) is 2.81. The maximum Gasteiger partial charge on any atom is 0.308 e. The second-order valence-electron chi connectivity index (χ2n) is 12.8. The Balaban J connectivity index is 1.41. The topological polar surface area (TPSA) is 13.0 Å². The highest BCUT2D eigenvalue weighted by Crippen LogP contribution is 2.30. The summed E-state index contributed by atoms with van der Waals surface area (Å²) in [5.41, 5.74) is 4.64. The lowest BCUT2D eigenvalue weighted by Gasteiger charge is -2.52. The van der Waals surface area contributed by atoms with Crippen molar-refractivity contribution in [1.82, 2.24) is 19.2 Å². The van der Waals surface area contributed by atoms with Crippen LogP contribution in [0.5, 0.6) is 0 Å². The number of hydrogen-bond acceptors (Lipinski definition) is 4. The molecular weight excluding hydrogens is 438 g/mol. The zero-order valence-electron chi connectivity index (χ0n) is 24.0. The Morgan fingerprint density at radius 2 is 1.19 bits per heavy atom. The molecule has 0 bridgehead atoms.